The molecule has 3 heterocycles. The van der Waals surface area contributed by atoms with Crippen molar-refractivity contribution >= 4 is 43.9 Å². The second-order valence-electron chi connectivity index (χ2n) is 12.8. The number of aromatic nitrogens is 3. The Morgan fingerprint density at radius 3 is 2.00 bits per heavy atom. The Hall–Kier alpha value is -6.07. The van der Waals surface area contributed by atoms with Gasteiger partial charge in [0.05, 0.1) is 5.56 Å². The normalized spacial score (nSPS) is 13.5. The minimum Gasteiger partial charge on any atom is -0.456 e. The highest BCUT2D eigenvalue weighted by molar-refractivity contribution is 6.11. The molecule has 0 atom stereocenters. The number of rotatable bonds is 3. The molecular formula is C42H27N3O2. The molecule has 0 saturated carbocycles. The van der Waals surface area contributed by atoms with Gasteiger partial charge in [0.1, 0.15) is 22.3 Å². The fourth-order valence-electron chi connectivity index (χ4n) is 7.37. The Morgan fingerprint density at radius 1 is 0.426 bits per heavy atom. The maximum absolute atomic E-state index is 6.73. The van der Waals surface area contributed by atoms with Gasteiger partial charge in [0.2, 0.25) is 0 Å². The Bertz CT molecular complexity index is 2720. The number of benzene rings is 6. The van der Waals surface area contributed by atoms with Gasteiger partial charge < -0.3 is 8.83 Å². The summed E-state index contributed by atoms with van der Waals surface area (Å²) in [6.45, 7) is 4.58. The monoisotopic (exact) mass is 605 g/mol. The average Bonchev–Trinajstić information content (AvgIpc) is 3.75. The van der Waals surface area contributed by atoms with Crippen molar-refractivity contribution in [2.75, 3.05) is 0 Å². The molecule has 0 aliphatic heterocycles. The number of hydrogen-bond donors (Lipinski definition) is 0. The standard InChI is InChI=1S/C42H27N3O2/c1-42(2)33-17-8-6-13-26(33)30-22-32-28-15-10-16-29(38(28)47-37(32)23-34(30)42)41-44-39(24-11-4-3-5-12-24)43-40(45-41)25-19-20-36-31(21-25)27-14-7-9-18-35(27)46-36/h3-23H,1-2H3. The van der Waals surface area contributed by atoms with Crippen LogP contribution in [-0.2, 0) is 5.41 Å². The second-order valence-corrected chi connectivity index (χ2v) is 12.8. The first-order chi connectivity index (χ1) is 23.0. The second kappa shape index (κ2) is 9.47. The molecule has 3 aromatic heterocycles. The molecule has 0 unspecified atom stereocenters. The smallest absolute Gasteiger partial charge is 0.167 e. The van der Waals surface area contributed by atoms with Crippen LogP contribution in [-0.4, -0.2) is 15.0 Å². The lowest BCUT2D eigenvalue weighted by molar-refractivity contribution is 0.647. The van der Waals surface area contributed by atoms with Crippen LogP contribution in [0.2, 0.25) is 0 Å². The average molecular weight is 606 g/mol. The van der Waals surface area contributed by atoms with Crippen molar-refractivity contribution in [1.29, 1.82) is 0 Å². The van der Waals surface area contributed by atoms with E-state index in [1.54, 1.807) is 0 Å². The molecule has 1 aliphatic carbocycles. The highest BCUT2D eigenvalue weighted by Gasteiger charge is 2.36. The third-order valence-corrected chi connectivity index (χ3v) is 9.74. The summed E-state index contributed by atoms with van der Waals surface area (Å²) in [5.74, 6) is 1.76. The van der Waals surface area contributed by atoms with Crippen LogP contribution in [0, 0.1) is 0 Å². The highest BCUT2D eigenvalue weighted by Crippen LogP contribution is 2.51. The van der Waals surface area contributed by atoms with Crippen LogP contribution in [0.15, 0.2) is 136 Å². The van der Waals surface area contributed by atoms with E-state index in [4.69, 9.17) is 23.8 Å². The van der Waals surface area contributed by atoms with E-state index in [0.717, 1.165) is 60.6 Å². The fourth-order valence-corrected chi connectivity index (χ4v) is 7.37. The van der Waals surface area contributed by atoms with Gasteiger partial charge in [-0.3, -0.25) is 0 Å². The predicted molar refractivity (Wildman–Crippen MR) is 188 cm³/mol. The highest BCUT2D eigenvalue weighted by atomic mass is 16.3. The lowest BCUT2D eigenvalue weighted by atomic mass is 9.82. The summed E-state index contributed by atoms with van der Waals surface area (Å²) in [5, 5.41) is 4.21. The van der Waals surface area contributed by atoms with Crippen LogP contribution in [0.3, 0.4) is 0 Å². The molecule has 6 aromatic carbocycles. The number of nitrogens with zero attached hydrogens (tertiary/aromatic N) is 3. The Kier molecular flexibility index (Phi) is 5.28. The number of hydrogen-bond acceptors (Lipinski definition) is 5. The van der Waals surface area contributed by atoms with Crippen molar-refractivity contribution in [3.63, 3.8) is 0 Å². The largest absolute Gasteiger partial charge is 0.456 e. The summed E-state index contributed by atoms with van der Waals surface area (Å²) in [5.41, 5.74) is 11.0. The lowest BCUT2D eigenvalue weighted by Crippen LogP contribution is -2.14. The van der Waals surface area contributed by atoms with Crippen LogP contribution < -0.4 is 0 Å². The molecule has 222 valence electrons. The van der Waals surface area contributed by atoms with Crippen molar-refractivity contribution < 1.29 is 8.83 Å². The molecule has 0 saturated heterocycles. The van der Waals surface area contributed by atoms with Crippen LogP contribution in [0.4, 0.5) is 0 Å². The first kappa shape index (κ1) is 26.2. The van der Waals surface area contributed by atoms with Gasteiger partial charge in [-0.1, -0.05) is 98.8 Å². The molecule has 0 amide bonds. The molecule has 0 fully saturated rings. The molecule has 10 rings (SSSR count). The maximum atomic E-state index is 6.73. The third kappa shape index (κ3) is 3.80. The van der Waals surface area contributed by atoms with Crippen molar-refractivity contribution in [2.45, 2.75) is 19.3 Å². The zero-order valence-corrected chi connectivity index (χ0v) is 25.8. The van der Waals surface area contributed by atoms with Crippen LogP contribution in [0.1, 0.15) is 25.0 Å². The van der Waals surface area contributed by atoms with E-state index < -0.39 is 0 Å². The van der Waals surface area contributed by atoms with Crippen LogP contribution in [0.25, 0.3) is 89.2 Å². The van der Waals surface area contributed by atoms with Gasteiger partial charge in [0.15, 0.2) is 17.5 Å². The van der Waals surface area contributed by atoms with E-state index in [2.05, 4.69) is 74.5 Å². The topological polar surface area (TPSA) is 65.0 Å². The van der Waals surface area contributed by atoms with Gasteiger partial charge in [0.25, 0.3) is 0 Å². The molecule has 0 N–H and O–H groups in total. The molecule has 9 aromatic rings. The van der Waals surface area contributed by atoms with Gasteiger partial charge in [-0.05, 0) is 64.7 Å². The first-order valence-electron chi connectivity index (χ1n) is 15.9. The molecule has 0 radical (unpaired) electrons. The lowest BCUT2D eigenvalue weighted by Gasteiger charge is -2.21. The van der Waals surface area contributed by atoms with E-state index in [1.807, 2.05) is 66.7 Å². The Morgan fingerprint density at radius 2 is 1.11 bits per heavy atom. The van der Waals surface area contributed by atoms with Gasteiger partial charge in [0, 0.05) is 38.1 Å². The van der Waals surface area contributed by atoms with E-state index in [1.165, 1.54) is 22.3 Å². The zero-order valence-electron chi connectivity index (χ0n) is 25.8. The molecule has 0 spiro atoms. The third-order valence-electron chi connectivity index (χ3n) is 9.74. The van der Waals surface area contributed by atoms with Gasteiger partial charge in [-0.15, -0.1) is 0 Å². The van der Waals surface area contributed by atoms with E-state index in [9.17, 15) is 0 Å². The summed E-state index contributed by atoms with van der Waals surface area (Å²) < 4.78 is 12.8. The molecule has 1 aliphatic rings. The number of furan rings is 2. The van der Waals surface area contributed by atoms with Crippen LogP contribution in [0.5, 0.6) is 0 Å². The SMILES string of the molecule is CC1(C)c2ccccc2-c2cc3c(cc21)oc1c(-c2nc(-c4ccccc4)nc(-c4ccc5oc6ccccc6c5c4)n2)cccc13. The Labute approximate surface area is 270 Å². The summed E-state index contributed by atoms with van der Waals surface area (Å²) in [6, 6.07) is 43.7. The molecule has 5 nitrogen and oxygen atoms in total. The van der Waals surface area contributed by atoms with Crippen molar-refractivity contribution in [3.8, 4) is 45.3 Å². The molecule has 47 heavy (non-hydrogen) atoms. The van der Waals surface area contributed by atoms with Gasteiger partial charge in [-0.2, -0.15) is 0 Å². The summed E-state index contributed by atoms with van der Waals surface area (Å²) in [6.07, 6.45) is 0. The first-order valence-corrected chi connectivity index (χ1v) is 15.9. The zero-order chi connectivity index (χ0) is 31.3. The van der Waals surface area contributed by atoms with Crippen LogP contribution >= 0.6 is 0 Å². The molecular weight excluding hydrogens is 578 g/mol. The molecule has 0 bridgehead atoms. The van der Waals surface area contributed by atoms with Crippen molar-refractivity contribution in [3.05, 3.63) is 139 Å². The summed E-state index contributed by atoms with van der Waals surface area (Å²) in [4.78, 5) is 15.1. The number of para-hydroxylation sites is 2. The Balaban J connectivity index is 1.20. The van der Waals surface area contributed by atoms with Crippen molar-refractivity contribution in [2.24, 2.45) is 0 Å². The van der Waals surface area contributed by atoms with E-state index >= 15 is 0 Å². The van der Waals surface area contributed by atoms with Crippen molar-refractivity contribution in [1.82, 2.24) is 15.0 Å². The minimum atomic E-state index is -0.114. The maximum Gasteiger partial charge on any atom is 0.167 e. The van der Waals surface area contributed by atoms with Gasteiger partial charge >= 0.3 is 0 Å². The number of fused-ring (bicyclic) bond motifs is 9. The van der Waals surface area contributed by atoms with E-state index in [0.29, 0.717) is 17.5 Å². The summed E-state index contributed by atoms with van der Waals surface area (Å²) in [7, 11) is 0. The quantitative estimate of drug-likeness (QED) is 0.200. The van der Waals surface area contributed by atoms with Gasteiger partial charge in [-0.25, -0.2) is 15.0 Å². The minimum absolute atomic E-state index is 0.114. The predicted octanol–water partition coefficient (Wildman–Crippen LogP) is 11.0. The van der Waals surface area contributed by atoms with E-state index in [-0.39, 0.29) is 5.41 Å². The molecule has 5 heteroatoms. The summed E-state index contributed by atoms with van der Waals surface area (Å²) >= 11 is 0. The fraction of sp³-hybridized carbons (Fsp3) is 0.0714.